The molecule has 0 radical (unpaired) electrons. The van der Waals surface area contributed by atoms with Crippen LogP contribution < -0.4 is 20.2 Å². The normalized spacial score (nSPS) is 10.5. The second kappa shape index (κ2) is 12.3. The van der Waals surface area contributed by atoms with Gasteiger partial charge in [0.25, 0.3) is 11.8 Å². The van der Waals surface area contributed by atoms with Crippen LogP contribution >= 0.6 is 15.9 Å². The van der Waals surface area contributed by atoms with E-state index in [0.29, 0.717) is 39.3 Å². The highest BCUT2D eigenvalue weighted by Gasteiger charge is 2.12. The van der Waals surface area contributed by atoms with Gasteiger partial charge in [-0.2, -0.15) is 5.10 Å². The predicted octanol–water partition coefficient (Wildman–Crippen LogP) is 3.95. The van der Waals surface area contributed by atoms with Crippen molar-refractivity contribution in [1.82, 2.24) is 10.7 Å². The molecule has 0 fully saturated rings. The predicted molar refractivity (Wildman–Crippen MR) is 131 cm³/mol. The molecular formula is C25H22BrN3O5. The molecule has 0 aliphatic carbocycles. The van der Waals surface area contributed by atoms with Crippen LogP contribution in [0.4, 0.5) is 0 Å². The van der Waals surface area contributed by atoms with Crippen LogP contribution in [0.2, 0.25) is 0 Å². The van der Waals surface area contributed by atoms with E-state index in [4.69, 9.17) is 9.47 Å². The number of carbonyl (C=O) groups excluding carboxylic acids is 3. The van der Waals surface area contributed by atoms with E-state index in [-0.39, 0.29) is 12.5 Å². The molecule has 8 nitrogen and oxygen atoms in total. The van der Waals surface area contributed by atoms with Crippen molar-refractivity contribution in [3.8, 4) is 11.5 Å². The Bertz CT molecular complexity index is 1180. The van der Waals surface area contributed by atoms with Crippen LogP contribution in [-0.2, 0) is 4.79 Å². The molecule has 2 N–H and O–H groups in total. The van der Waals surface area contributed by atoms with Crippen molar-refractivity contribution in [3.05, 3.63) is 94.0 Å². The van der Waals surface area contributed by atoms with Gasteiger partial charge in [0.2, 0.25) is 0 Å². The fourth-order valence-corrected chi connectivity index (χ4v) is 3.21. The van der Waals surface area contributed by atoms with Crippen LogP contribution in [0, 0.1) is 0 Å². The summed E-state index contributed by atoms with van der Waals surface area (Å²) in [4.78, 5) is 36.3. The van der Waals surface area contributed by atoms with Crippen LogP contribution in [0.3, 0.4) is 0 Å². The van der Waals surface area contributed by atoms with Crippen molar-refractivity contribution < 1.29 is 23.9 Å². The quantitative estimate of drug-likeness (QED) is 0.191. The number of nitrogens with one attached hydrogen (secondary N) is 2. The number of hydrazone groups is 1. The monoisotopic (exact) mass is 523 g/mol. The minimum Gasteiger partial charge on any atom is -0.494 e. The summed E-state index contributed by atoms with van der Waals surface area (Å²) in [5.41, 5.74) is 3.86. The maximum atomic E-state index is 12.2. The largest absolute Gasteiger partial charge is 0.494 e. The third kappa shape index (κ3) is 7.28. The highest BCUT2D eigenvalue weighted by atomic mass is 79.9. The van der Waals surface area contributed by atoms with Gasteiger partial charge < -0.3 is 14.8 Å². The van der Waals surface area contributed by atoms with E-state index in [0.717, 1.165) is 0 Å². The molecule has 2 amide bonds. The van der Waals surface area contributed by atoms with Crippen LogP contribution in [0.1, 0.15) is 33.2 Å². The minimum absolute atomic E-state index is 0.229. The Kier molecular flexibility index (Phi) is 8.93. The molecular weight excluding hydrogens is 502 g/mol. The topological polar surface area (TPSA) is 106 Å². The van der Waals surface area contributed by atoms with Gasteiger partial charge in [-0.25, -0.2) is 10.2 Å². The summed E-state index contributed by atoms with van der Waals surface area (Å²) in [5, 5.41) is 6.39. The van der Waals surface area contributed by atoms with Crippen molar-refractivity contribution in [1.29, 1.82) is 0 Å². The van der Waals surface area contributed by atoms with Crippen molar-refractivity contribution >= 4 is 39.9 Å². The number of hydrogen-bond donors (Lipinski definition) is 2. The molecule has 174 valence electrons. The molecule has 3 rings (SSSR count). The number of halogens is 1. The Labute approximate surface area is 205 Å². The van der Waals surface area contributed by atoms with E-state index in [1.54, 1.807) is 66.7 Å². The minimum atomic E-state index is -0.478. The number of esters is 1. The fourth-order valence-electron chi connectivity index (χ4n) is 2.76. The summed E-state index contributed by atoms with van der Waals surface area (Å²) in [6, 6.07) is 20.2. The van der Waals surface area contributed by atoms with E-state index >= 15 is 0 Å². The fraction of sp³-hybridized carbons (Fsp3) is 0.120. The maximum Gasteiger partial charge on any atom is 0.344 e. The second-order valence-electron chi connectivity index (χ2n) is 6.87. The average molecular weight is 524 g/mol. The van der Waals surface area contributed by atoms with Crippen LogP contribution in [0.25, 0.3) is 0 Å². The zero-order chi connectivity index (χ0) is 24.3. The second-order valence-corrected chi connectivity index (χ2v) is 7.73. The lowest BCUT2D eigenvalue weighted by Crippen LogP contribution is -2.34. The third-order valence-corrected chi connectivity index (χ3v) is 5.12. The van der Waals surface area contributed by atoms with E-state index in [9.17, 15) is 14.4 Å². The lowest BCUT2D eigenvalue weighted by molar-refractivity contribution is -0.120. The third-order valence-electron chi connectivity index (χ3n) is 4.42. The summed E-state index contributed by atoms with van der Waals surface area (Å²) in [6.45, 7) is 2.18. The summed E-state index contributed by atoms with van der Waals surface area (Å²) in [5.74, 6) is -0.293. The molecule has 0 saturated heterocycles. The van der Waals surface area contributed by atoms with Gasteiger partial charge in [0.05, 0.1) is 24.9 Å². The maximum absolute atomic E-state index is 12.2. The number of amides is 2. The number of ether oxygens (including phenoxy) is 2. The van der Waals surface area contributed by atoms with Gasteiger partial charge in [-0.05, 0) is 89.1 Å². The molecule has 0 bridgehead atoms. The highest BCUT2D eigenvalue weighted by molar-refractivity contribution is 9.10. The molecule has 3 aromatic rings. The highest BCUT2D eigenvalue weighted by Crippen LogP contribution is 2.19. The lowest BCUT2D eigenvalue weighted by atomic mass is 10.2. The summed E-state index contributed by atoms with van der Waals surface area (Å²) >= 11 is 3.32. The smallest absolute Gasteiger partial charge is 0.344 e. The van der Waals surface area contributed by atoms with Crippen LogP contribution in [0.5, 0.6) is 11.5 Å². The standard InChI is InChI=1S/C25H22BrN3O5/c1-2-33-19-13-9-18(10-14-19)24(31)27-16-23(30)29-28-15-17-7-11-20(12-8-17)34-25(32)21-5-3-4-6-22(21)26/h3-15H,2,16H2,1H3,(H,27,31)(H,29,30)/b28-15-. The molecule has 0 unspecified atom stereocenters. The molecule has 9 heteroatoms. The molecule has 0 saturated carbocycles. The Morgan fingerprint density at radius 2 is 1.62 bits per heavy atom. The van der Waals surface area contributed by atoms with Gasteiger partial charge in [0.1, 0.15) is 11.5 Å². The number of hydrogen-bond acceptors (Lipinski definition) is 6. The molecule has 3 aromatic carbocycles. The summed E-state index contributed by atoms with van der Waals surface area (Å²) in [6.07, 6.45) is 1.44. The zero-order valence-corrected chi connectivity index (χ0v) is 19.9. The number of carbonyl (C=O) groups is 3. The van der Waals surface area contributed by atoms with Crippen molar-refractivity contribution in [2.24, 2.45) is 5.10 Å². The Morgan fingerprint density at radius 3 is 2.29 bits per heavy atom. The summed E-state index contributed by atoms with van der Waals surface area (Å²) in [7, 11) is 0. The Morgan fingerprint density at radius 1 is 0.941 bits per heavy atom. The van der Waals surface area contributed by atoms with Crippen LogP contribution in [-0.4, -0.2) is 37.1 Å². The Hall–Kier alpha value is -3.98. The SMILES string of the molecule is CCOc1ccc(C(=O)NCC(=O)N/N=C\c2ccc(OC(=O)c3ccccc3Br)cc2)cc1. The first kappa shape index (κ1) is 24.7. The first-order chi connectivity index (χ1) is 16.5. The van der Waals surface area contributed by atoms with E-state index in [1.165, 1.54) is 6.21 Å². The van der Waals surface area contributed by atoms with Crippen molar-refractivity contribution in [2.75, 3.05) is 13.2 Å². The first-order valence-corrected chi connectivity index (χ1v) is 11.2. The molecule has 0 heterocycles. The molecule has 0 aliphatic heterocycles. The van der Waals surface area contributed by atoms with Gasteiger partial charge in [0, 0.05) is 10.0 Å². The van der Waals surface area contributed by atoms with Gasteiger partial charge in [-0.3, -0.25) is 9.59 Å². The number of rotatable bonds is 9. The molecule has 0 spiro atoms. The summed E-state index contributed by atoms with van der Waals surface area (Å²) < 4.78 is 11.3. The number of nitrogens with zero attached hydrogens (tertiary/aromatic N) is 1. The molecule has 0 atom stereocenters. The van der Waals surface area contributed by atoms with E-state index < -0.39 is 11.9 Å². The van der Waals surface area contributed by atoms with Gasteiger partial charge in [-0.1, -0.05) is 12.1 Å². The molecule has 34 heavy (non-hydrogen) atoms. The van der Waals surface area contributed by atoms with Gasteiger partial charge >= 0.3 is 5.97 Å². The number of benzene rings is 3. The van der Waals surface area contributed by atoms with Crippen molar-refractivity contribution in [3.63, 3.8) is 0 Å². The lowest BCUT2D eigenvalue weighted by Gasteiger charge is -2.06. The van der Waals surface area contributed by atoms with E-state index in [2.05, 4.69) is 31.8 Å². The van der Waals surface area contributed by atoms with Gasteiger partial charge in [0.15, 0.2) is 0 Å². The molecule has 0 aromatic heterocycles. The average Bonchev–Trinajstić information content (AvgIpc) is 2.84. The molecule has 0 aliphatic rings. The van der Waals surface area contributed by atoms with Crippen LogP contribution in [0.15, 0.2) is 82.4 Å². The van der Waals surface area contributed by atoms with Crippen molar-refractivity contribution in [2.45, 2.75) is 6.92 Å². The first-order valence-electron chi connectivity index (χ1n) is 10.4. The Balaban J connectivity index is 1.44. The zero-order valence-electron chi connectivity index (χ0n) is 18.3. The van der Waals surface area contributed by atoms with Gasteiger partial charge in [-0.15, -0.1) is 0 Å². The van der Waals surface area contributed by atoms with E-state index in [1.807, 2.05) is 13.0 Å².